The predicted molar refractivity (Wildman–Crippen MR) is 137 cm³/mol. The molecule has 0 aliphatic carbocycles. The van der Waals surface area contributed by atoms with E-state index in [1.165, 1.54) is 11.8 Å². The maximum Gasteiger partial charge on any atom is 0.252 e. The first-order valence-corrected chi connectivity index (χ1v) is 12.2. The number of anilines is 1. The summed E-state index contributed by atoms with van der Waals surface area (Å²) >= 11 is 1.29. The van der Waals surface area contributed by atoms with Crippen molar-refractivity contribution in [2.45, 2.75) is 25.9 Å². The van der Waals surface area contributed by atoms with Crippen molar-refractivity contribution in [2.75, 3.05) is 11.1 Å². The molecule has 36 heavy (non-hydrogen) atoms. The second-order valence-electron chi connectivity index (χ2n) is 8.09. The largest absolute Gasteiger partial charge is 0.310 e. The molecular formula is C25H23N9OS. The van der Waals surface area contributed by atoms with Gasteiger partial charge in [-0.2, -0.15) is 9.78 Å². The maximum atomic E-state index is 13.0. The molecule has 0 atom stereocenters. The number of hydrogen-bond donors (Lipinski definition) is 1. The fourth-order valence-electron chi connectivity index (χ4n) is 3.71. The van der Waals surface area contributed by atoms with Crippen molar-refractivity contribution in [3.05, 3.63) is 84.1 Å². The maximum absolute atomic E-state index is 13.0. The van der Waals surface area contributed by atoms with Crippen molar-refractivity contribution in [1.82, 2.24) is 39.5 Å². The number of thioether (sulfide) groups is 1. The number of para-hydroxylation sites is 1. The molecule has 0 bridgehead atoms. The van der Waals surface area contributed by atoms with Gasteiger partial charge in [-0.15, -0.1) is 10.2 Å². The molecule has 0 aliphatic heterocycles. The number of nitrogens with one attached hydrogen (secondary N) is 1. The Labute approximate surface area is 211 Å². The Morgan fingerprint density at radius 1 is 0.944 bits per heavy atom. The zero-order valence-electron chi connectivity index (χ0n) is 20.0. The van der Waals surface area contributed by atoms with Crippen LogP contribution < -0.4 is 5.32 Å². The highest BCUT2D eigenvalue weighted by atomic mass is 32.2. The molecule has 0 radical (unpaired) electrons. The molecule has 180 valence electrons. The molecule has 0 saturated carbocycles. The molecule has 0 saturated heterocycles. The minimum atomic E-state index is -0.212. The summed E-state index contributed by atoms with van der Waals surface area (Å²) in [5, 5.41) is 16.7. The Balaban J connectivity index is 1.38. The van der Waals surface area contributed by atoms with Gasteiger partial charge < -0.3 is 5.32 Å². The average molecular weight is 498 g/mol. The number of aromatic nitrogens is 8. The quantitative estimate of drug-likeness (QED) is 0.336. The van der Waals surface area contributed by atoms with Crippen LogP contribution in [0.2, 0.25) is 0 Å². The van der Waals surface area contributed by atoms with Gasteiger partial charge in [-0.05, 0) is 51.1 Å². The van der Waals surface area contributed by atoms with Crippen LogP contribution in [0.15, 0.2) is 72.1 Å². The normalized spacial score (nSPS) is 11.0. The van der Waals surface area contributed by atoms with Crippen LogP contribution in [0, 0.1) is 20.8 Å². The monoisotopic (exact) mass is 497 g/mol. The number of pyridine rings is 1. The van der Waals surface area contributed by atoms with Crippen LogP contribution in [0.1, 0.15) is 17.1 Å². The Morgan fingerprint density at radius 3 is 2.44 bits per heavy atom. The van der Waals surface area contributed by atoms with E-state index in [1.54, 1.807) is 23.1 Å². The summed E-state index contributed by atoms with van der Waals surface area (Å²) < 4.78 is 3.47. The lowest BCUT2D eigenvalue weighted by Gasteiger charge is -2.11. The number of benzene rings is 1. The number of carbonyl (C=O) groups is 1. The first-order chi connectivity index (χ1) is 17.5. The molecule has 4 aromatic heterocycles. The Morgan fingerprint density at radius 2 is 1.72 bits per heavy atom. The summed E-state index contributed by atoms with van der Waals surface area (Å²) in [6.07, 6.45) is 3.45. The van der Waals surface area contributed by atoms with Crippen molar-refractivity contribution in [3.8, 4) is 23.0 Å². The topological polar surface area (TPSA) is 116 Å². The highest BCUT2D eigenvalue weighted by molar-refractivity contribution is 7.99. The molecule has 5 aromatic rings. The molecule has 0 unspecified atom stereocenters. The highest BCUT2D eigenvalue weighted by Gasteiger charge is 2.19. The minimum Gasteiger partial charge on any atom is -0.310 e. The molecular weight excluding hydrogens is 474 g/mol. The summed E-state index contributed by atoms with van der Waals surface area (Å²) in [6, 6.07) is 17.2. The average Bonchev–Trinajstić information content (AvgIpc) is 3.46. The lowest BCUT2D eigenvalue weighted by Crippen LogP contribution is -2.18. The van der Waals surface area contributed by atoms with Crippen molar-refractivity contribution in [1.29, 1.82) is 0 Å². The second-order valence-corrected chi connectivity index (χ2v) is 9.03. The SMILES string of the molecule is Cc1cc(C)nc(-n2nc(C)cc2NC(=O)CSc2nnc(-c3cccnc3)n2-c2ccccc2)n1. The molecule has 1 N–H and O–H groups in total. The number of aryl methyl sites for hydroxylation is 3. The standard InChI is InChI=1S/C25H23N9OS/c1-16-12-17(2)28-24(27-16)34-21(13-18(3)32-34)29-22(35)15-36-25-31-30-23(19-8-7-11-26-14-19)33(25)20-9-5-4-6-10-20/h4-14H,15H2,1-3H3,(H,29,35). The number of amides is 1. The van der Waals surface area contributed by atoms with Crippen LogP contribution in [0.25, 0.3) is 23.0 Å². The Kier molecular flexibility index (Phi) is 6.54. The fourth-order valence-corrected chi connectivity index (χ4v) is 4.46. The summed E-state index contributed by atoms with van der Waals surface area (Å²) in [4.78, 5) is 26.1. The van der Waals surface area contributed by atoms with Gasteiger partial charge in [-0.1, -0.05) is 30.0 Å². The van der Waals surface area contributed by atoms with Crippen molar-refractivity contribution in [3.63, 3.8) is 0 Å². The van der Waals surface area contributed by atoms with Crippen molar-refractivity contribution in [2.24, 2.45) is 0 Å². The first-order valence-electron chi connectivity index (χ1n) is 11.2. The third-order valence-corrected chi connectivity index (χ3v) is 6.09. The predicted octanol–water partition coefficient (Wildman–Crippen LogP) is 3.96. The Hall–Kier alpha value is -4.38. The van der Waals surface area contributed by atoms with Gasteiger partial charge in [0.15, 0.2) is 11.0 Å². The van der Waals surface area contributed by atoms with Gasteiger partial charge in [0.05, 0.1) is 11.4 Å². The smallest absolute Gasteiger partial charge is 0.252 e. The van der Waals surface area contributed by atoms with Gasteiger partial charge in [-0.3, -0.25) is 14.3 Å². The van der Waals surface area contributed by atoms with E-state index in [4.69, 9.17) is 0 Å². The molecule has 11 heteroatoms. The highest BCUT2D eigenvalue weighted by Crippen LogP contribution is 2.27. The van der Waals surface area contributed by atoms with E-state index >= 15 is 0 Å². The Bertz CT molecular complexity index is 1490. The van der Waals surface area contributed by atoms with Crippen LogP contribution in [0.4, 0.5) is 5.82 Å². The van der Waals surface area contributed by atoms with E-state index < -0.39 is 0 Å². The van der Waals surface area contributed by atoms with E-state index in [0.717, 1.165) is 28.3 Å². The summed E-state index contributed by atoms with van der Waals surface area (Å²) in [5.41, 5.74) is 4.11. The van der Waals surface area contributed by atoms with Crippen molar-refractivity contribution < 1.29 is 4.79 Å². The van der Waals surface area contributed by atoms with Crippen LogP contribution in [-0.2, 0) is 4.79 Å². The minimum absolute atomic E-state index is 0.121. The third-order valence-electron chi connectivity index (χ3n) is 5.16. The van der Waals surface area contributed by atoms with Gasteiger partial charge in [0.25, 0.3) is 5.95 Å². The number of carbonyl (C=O) groups excluding carboxylic acids is 1. The van der Waals surface area contributed by atoms with Gasteiger partial charge in [-0.25, -0.2) is 9.97 Å². The lowest BCUT2D eigenvalue weighted by atomic mass is 10.2. The molecule has 0 fully saturated rings. The second kappa shape index (κ2) is 10.1. The van der Waals surface area contributed by atoms with Gasteiger partial charge in [0, 0.05) is 41.1 Å². The molecule has 1 aromatic carbocycles. The van der Waals surface area contributed by atoms with Crippen molar-refractivity contribution >= 4 is 23.5 Å². The zero-order valence-corrected chi connectivity index (χ0v) is 20.8. The van der Waals surface area contributed by atoms with E-state index in [0.29, 0.717) is 22.7 Å². The van der Waals surface area contributed by atoms with E-state index in [1.807, 2.05) is 73.9 Å². The molecule has 5 rings (SSSR count). The molecule has 1 amide bonds. The van der Waals surface area contributed by atoms with Gasteiger partial charge in [0.2, 0.25) is 5.91 Å². The molecule has 10 nitrogen and oxygen atoms in total. The number of nitrogens with zero attached hydrogens (tertiary/aromatic N) is 8. The van der Waals surface area contributed by atoms with Gasteiger partial charge >= 0.3 is 0 Å². The summed E-state index contributed by atoms with van der Waals surface area (Å²) in [7, 11) is 0. The fraction of sp³-hybridized carbons (Fsp3) is 0.160. The number of rotatable bonds is 7. The van der Waals surface area contributed by atoms with Crippen LogP contribution >= 0.6 is 11.8 Å². The number of hydrogen-bond acceptors (Lipinski definition) is 8. The van der Waals surface area contributed by atoms with Crippen LogP contribution in [0.3, 0.4) is 0 Å². The van der Waals surface area contributed by atoms with Crippen LogP contribution in [-0.4, -0.2) is 51.2 Å². The molecule has 4 heterocycles. The molecule has 0 spiro atoms. The molecule has 0 aliphatic rings. The third kappa shape index (κ3) is 5.01. The summed E-state index contributed by atoms with van der Waals surface area (Å²) in [5.74, 6) is 1.47. The van der Waals surface area contributed by atoms with E-state index in [9.17, 15) is 4.79 Å². The zero-order chi connectivity index (χ0) is 25.1. The lowest BCUT2D eigenvalue weighted by molar-refractivity contribution is -0.113. The van der Waals surface area contributed by atoms with Crippen LogP contribution in [0.5, 0.6) is 0 Å². The summed E-state index contributed by atoms with van der Waals surface area (Å²) in [6.45, 7) is 5.64. The van der Waals surface area contributed by atoms with E-state index in [-0.39, 0.29) is 11.7 Å². The van der Waals surface area contributed by atoms with E-state index in [2.05, 4.69) is 35.6 Å². The van der Waals surface area contributed by atoms with Gasteiger partial charge in [0.1, 0.15) is 5.82 Å². The first kappa shape index (κ1) is 23.4.